The largest absolute Gasteiger partial charge is 0.492 e. The van der Waals surface area contributed by atoms with E-state index in [9.17, 15) is 4.79 Å². The predicted molar refractivity (Wildman–Crippen MR) is 94.8 cm³/mol. The van der Waals surface area contributed by atoms with Crippen molar-refractivity contribution in [3.05, 3.63) is 23.8 Å². The summed E-state index contributed by atoms with van der Waals surface area (Å²) in [6, 6.07) is 6.11. The summed E-state index contributed by atoms with van der Waals surface area (Å²) in [5.41, 5.74) is 2.02. The summed E-state index contributed by atoms with van der Waals surface area (Å²) < 4.78 is 5.71. The van der Waals surface area contributed by atoms with Crippen LogP contribution in [-0.2, 0) is 11.2 Å². The highest BCUT2D eigenvalue weighted by Gasteiger charge is 2.30. The van der Waals surface area contributed by atoms with Crippen molar-refractivity contribution >= 4 is 27.5 Å². The van der Waals surface area contributed by atoms with E-state index in [4.69, 9.17) is 4.74 Å². The summed E-state index contributed by atoms with van der Waals surface area (Å²) in [5, 5.41) is 2.99. The van der Waals surface area contributed by atoms with Crippen molar-refractivity contribution in [2.24, 2.45) is 11.8 Å². The molecule has 2 rings (SSSR count). The van der Waals surface area contributed by atoms with Crippen LogP contribution in [0.25, 0.3) is 0 Å². The molecule has 1 aliphatic rings. The number of amides is 1. The fourth-order valence-electron chi connectivity index (χ4n) is 2.50. The quantitative estimate of drug-likeness (QED) is 0.671. The summed E-state index contributed by atoms with van der Waals surface area (Å²) in [6.45, 7) is 7.03. The maximum absolute atomic E-state index is 11.9. The lowest BCUT2D eigenvalue weighted by molar-refractivity contribution is -0.117. The van der Waals surface area contributed by atoms with Crippen LogP contribution in [0.2, 0.25) is 0 Å². The maximum atomic E-state index is 11.9. The molecular weight excluding hydrogens is 342 g/mol. The highest BCUT2D eigenvalue weighted by molar-refractivity contribution is 9.09. The summed E-state index contributed by atoms with van der Waals surface area (Å²) in [4.78, 5) is 12.4. The Morgan fingerprint density at radius 2 is 2.14 bits per heavy atom. The first-order chi connectivity index (χ1) is 10.5. The van der Waals surface area contributed by atoms with Gasteiger partial charge in [0.2, 0.25) is 5.91 Å². The van der Waals surface area contributed by atoms with Crippen molar-refractivity contribution in [1.29, 1.82) is 0 Å². The molecule has 1 N–H and O–H groups in total. The van der Waals surface area contributed by atoms with Gasteiger partial charge in [0, 0.05) is 10.7 Å². The van der Waals surface area contributed by atoms with Crippen LogP contribution in [-0.4, -0.2) is 17.3 Å². The van der Waals surface area contributed by atoms with Gasteiger partial charge >= 0.3 is 0 Å². The van der Waals surface area contributed by atoms with Gasteiger partial charge in [-0.05, 0) is 56.2 Å². The first kappa shape index (κ1) is 17.3. The number of anilines is 1. The van der Waals surface area contributed by atoms with Crippen molar-refractivity contribution in [3.8, 4) is 5.75 Å². The zero-order valence-corrected chi connectivity index (χ0v) is 15.3. The van der Waals surface area contributed by atoms with E-state index >= 15 is 0 Å². The molecule has 1 unspecified atom stereocenters. The second-order valence-corrected chi connectivity index (χ2v) is 7.75. The van der Waals surface area contributed by atoms with E-state index in [2.05, 4.69) is 47.2 Å². The fourth-order valence-corrected chi connectivity index (χ4v) is 3.62. The minimum Gasteiger partial charge on any atom is -0.492 e. The third-order valence-electron chi connectivity index (χ3n) is 3.74. The van der Waals surface area contributed by atoms with Crippen molar-refractivity contribution < 1.29 is 9.53 Å². The lowest BCUT2D eigenvalue weighted by Crippen LogP contribution is -2.14. The van der Waals surface area contributed by atoms with Gasteiger partial charge in [-0.15, -0.1) is 0 Å². The lowest BCUT2D eigenvalue weighted by Gasteiger charge is -2.16. The highest BCUT2D eigenvalue weighted by atomic mass is 79.9. The molecule has 0 heterocycles. The van der Waals surface area contributed by atoms with Gasteiger partial charge in [0.05, 0.1) is 12.3 Å². The standard InChI is InChI=1S/C18H26BrNO2/c1-4-22-17-11-13(10-15(19)9-12(2)3)5-8-16(17)20-18(21)14-6-7-14/h5,8,11-12,14-15H,4,6-7,9-10H2,1-3H3,(H,20,21). The van der Waals surface area contributed by atoms with Crippen LogP contribution in [0.3, 0.4) is 0 Å². The average Bonchev–Trinajstić information content (AvgIpc) is 3.25. The smallest absolute Gasteiger partial charge is 0.227 e. The summed E-state index contributed by atoms with van der Waals surface area (Å²) in [7, 11) is 0. The lowest BCUT2D eigenvalue weighted by atomic mass is 10.0. The van der Waals surface area contributed by atoms with E-state index in [1.165, 1.54) is 5.56 Å². The van der Waals surface area contributed by atoms with Gasteiger partial charge in [-0.2, -0.15) is 0 Å². The molecule has 1 fully saturated rings. The average molecular weight is 368 g/mol. The van der Waals surface area contributed by atoms with E-state index in [0.717, 1.165) is 37.1 Å². The Balaban J connectivity index is 2.06. The molecule has 1 atom stereocenters. The van der Waals surface area contributed by atoms with Gasteiger partial charge < -0.3 is 10.1 Å². The monoisotopic (exact) mass is 367 g/mol. The molecule has 0 radical (unpaired) electrons. The molecule has 0 saturated heterocycles. The van der Waals surface area contributed by atoms with Crippen LogP contribution >= 0.6 is 15.9 Å². The van der Waals surface area contributed by atoms with Gasteiger partial charge in [-0.3, -0.25) is 4.79 Å². The van der Waals surface area contributed by atoms with E-state index in [-0.39, 0.29) is 11.8 Å². The van der Waals surface area contributed by atoms with Crippen LogP contribution in [0.4, 0.5) is 5.69 Å². The molecule has 1 aromatic carbocycles. The van der Waals surface area contributed by atoms with Crippen LogP contribution in [0.15, 0.2) is 18.2 Å². The number of halogens is 1. The molecule has 0 aliphatic heterocycles. The van der Waals surface area contributed by atoms with Crippen LogP contribution in [0.1, 0.15) is 45.6 Å². The maximum Gasteiger partial charge on any atom is 0.227 e. The minimum absolute atomic E-state index is 0.117. The number of benzene rings is 1. The van der Waals surface area contributed by atoms with Crippen molar-refractivity contribution in [3.63, 3.8) is 0 Å². The summed E-state index contributed by atoms with van der Waals surface area (Å²) in [5.74, 6) is 1.77. The Morgan fingerprint density at radius 1 is 1.41 bits per heavy atom. The van der Waals surface area contributed by atoms with E-state index in [1.807, 2.05) is 13.0 Å². The number of carbonyl (C=O) groups excluding carboxylic acids is 1. The Hall–Kier alpha value is -1.03. The SMILES string of the molecule is CCOc1cc(CC(Br)CC(C)C)ccc1NC(=O)C1CC1. The number of rotatable bonds is 8. The first-order valence-corrected chi connectivity index (χ1v) is 9.11. The number of carbonyl (C=O) groups is 1. The number of nitrogens with one attached hydrogen (secondary N) is 1. The highest BCUT2D eigenvalue weighted by Crippen LogP contribution is 2.33. The first-order valence-electron chi connectivity index (χ1n) is 8.20. The van der Waals surface area contributed by atoms with Crippen LogP contribution < -0.4 is 10.1 Å². The van der Waals surface area contributed by atoms with Crippen LogP contribution in [0.5, 0.6) is 5.75 Å². The van der Waals surface area contributed by atoms with Gasteiger partial charge in [0.1, 0.15) is 5.75 Å². The zero-order chi connectivity index (χ0) is 16.1. The summed E-state index contributed by atoms with van der Waals surface area (Å²) >= 11 is 3.75. The molecule has 1 saturated carbocycles. The second-order valence-electron chi connectivity index (χ2n) is 6.46. The van der Waals surface area contributed by atoms with Crippen molar-refractivity contribution in [2.45, 2.75) is 51.3 Å². The van der Waals surface area contributed by atoms with Gasteiger partial charge in [0.15, 0.2) is 0 Å². The molecule has 0 spiro atoms. The molecule has 4 heteroatoms. The molecule has 0 bridgehead atoms. The molecular formula is C18H26BrNO2. The summed E-state index contributed by atoms with van der Waals surface area (Å²) in [6.07, 6.45) is 4.13. The molecule has 1 aliphatic carbocycles. The van der Waals surface area contributed by atoms with E-state index < -0.39 is 0 Å². The molecule has 0 aromatic heterocycles. The fraction of sp³-hybridized carbons (Fsp3) is 0.611. The van der Waals surface area contributed by atoms with Crippen molar-refractivity contribution in [2.75, 3.05) is 11.9 Å². The molecule has 122 valence electrons. The predicted octanol–water partition coefficient (Wildman–Crippen LogP) is 4.79. The van der Waals surface area contributed by atoms with Crippen LogP contribution in [0, 0.1) is 11.8 Å². The third-order valence-corrected chi connectivity index (χ3v) is 4.43. The van der Waals surface area contributed by atoms with Gasteiger partial charge in [-0.25, -0.2) is 0 Å². The molecule has 3 nitrogen and oxygen atoms in total. The number of hydrogen-bond donors (Lipinski definition) is 1. The Labute approximate surface area is 141 Å². The third kappa shape index (κ3) is 5.31. The molecule has 22 heavy (non-hydrogen) atoms. The van der Waals surface area contributed by atoms with Crippen molar-refractivity contribution in [1.82, 2.24) is 0 Å². The second kappa shape index (κ2) is 8.00. The number of alkyl halides is 1. The van der Waals surface area contributed by atoms with E-state index in [1.54, 1.807) is 0 Å². The zero-order valence-electron chi connectivity index (χ0n) is 13.7. The molecule has 1 aromatic rings. The minimum atomic E-state index is 0.117. The normalized spacial score (nSPS) is 15.7. The van der Waals surface area contributed by atoms with Gasteiger partial charge in [0.25, 0.3) is 0 Å². The van der Waals surface area contributed by atoms with E-state index in [0.29, 0.717) is 17.4 Å². The topological polar surface area (TPSA) is 38.3 Å². The number of hydrogen-bond acceptors (Lipinski definition) is 2. The molecule has 1 amide bonds. The Kier molecular flexibility index (Phi) is 6.30. The Morgan fingerprint density at radius 3 is 2.73 bits per heavy atom. The number of ether oxygens (including phenoxy) is 1. The van der Waals surface area contributed by atoms with Gasteiger partial charge in [-0.1, -0.05) is 35.8 Å². The Bertz CT molecular complexity index is 512.